The molecular formula is C18H29N5O. The van der Waals surface area contributed by atoms with E-state index in [4.69, 9.17) is 0 Å². The van der Waals surface area contributed by atoms with E-state index in [1.54, 1.807) is 6.20 Å². The first-order valence-corrected chi connectivity index (χ1v) is 8.83. The Morgan fingerprint density at radius 2 is 2.29 bits per heavy atom. The standard InChI is InChI=1S/C18H29N5O/c1-4-19-18(21-11-8-15-7-5-6-10-20-15)22-16-9-12-23(13-16)17(24)14(2)3/h5-7,10,14,16H,4,8-9,11-13H2,1-3H3,(H2,19,21,22). The normalized spacial score (nSPS) is 18.1. The molecule has 0 spiro atoms. The second-order valence-corrected chi connectivity index (χ2v) is 6.40. The van der Waals surface area contributed by atoms with Gasteiger partial charge in [-0.3, -0.25) is 14.8 Å². The number of nitrogens with one attached hydrogen (secondary N) is 2. The van der Waals surface area contributed by atoms with Crippen molar-refractivity contribution in [3.05, 3.63) is 30.1 Å². The van der Waals surface area contributed by atoms with Crippen LogP contribution in [0.2, 0.25) is 0 Å². The van der Waals surface area contributed by atoms with E-state index in [2.05, 4.69) is 27.5 Å². The van der Waals surface area contributed by atoms with Gasteiger partial charge in [0.2, 0.25) is 5.91 Å². The maximum Gasteiger partial charge on any atom is 0.225 e. The molecule has 0 bridgehead atoms. The van der Waals surface area contributed by atoms with E-state index in [-0.39, 0.29) is 17.9 Å². The number of amides is 1. The lowest BCUT2D eigenvalue weighted by Gasteiger charge is -2.20. The van der Waals surface area contributed by atoms with Gasteiger partial charge in [-0.1, -0.05) is 19.9 Å². The minimum absolute atomic E-state index is 0.0593. The molecule has 0 saturated carbocycles. The van der Waals surface area contributed by atoms with Gasteiger partial charge < -0.3 is 15.5 Å². The van der Waals surface area contributed by atoms with Crippen molar-refractivity contribution in [1.82, 2.24) is 20.5 Å². The maximum atomic E-state index is 12.1. The average molecular weight is 331 g/mol. The first-order chi connectivity index (χ1) is 11.6. The van der Waals surface area contributed by atoms with Gasteiger partial charge in [0.1, 0.15) is 0 Å². The minimum Gasteiger partial charge on any atom is -0.357 e. The van der Waals surface area contributed by atoms with Crippen molar-refractivity contribution >= 4 is 11.9 Å². The SMILES string of the molecule is CCNC(=NCCc1ccccn1)NC1CCN(C(=O)C(C)C)C1. The van der Waals surface area contributed by atoms with Gasteiger partial charge >= 0.3 is 0 Å². The molecule has 1 aliphatic heterocycles. The molecule has 0 aliphatic carbocycles. The molecule has 0 aromatic carbocycles. The molecule has 6 nitrogen and oxygen atoms in total. The molecule has 1 saturated heterocycles. The second kappa shape index (κ2) is 9.25. The molecule has 132 valence electrons. The van der Waals surface area contributed by atoms with E-state index in [1.165, 1.54) is 0 Å². The number of carbonyl (C=O) groups excluding carboxylic acids is 1. The number of likely N-dealkylation sites (tertiary alicyclic amines) is 1. The summed E-state index contributed by atoms with van der Waals surface area (Å²) in [5.41, 5.74) is 1.05. The van der Waals surface area contributed by atoms with Crippen molar-refractivity contribution < 1.29 is 4.79 Å². The zero-order valence-corrected chi connectivity index (χ0v) is 15.0. The lowest BCUT2D eigenvalue weighted by Crippen LogP contribution is -2.45. The second-order valence-electron chi connectivity index (χ2n) is 6.40. The molecule has 24 heavy (non-hydrogen) atoms. The van der Waals surface area contributed by atoms with Crippen LogP contribution in [0.1, 0.15) is 32.9 Å². The summed E-state index contributed by atoms with van der Waals surface area (Å²) in [6, 6.07) is 6.19. The van der Waals surface area contributed by atoms with Crippen molar-refractivity contribution in [2.45, 2.75) is 39.7 Å². The number of rotatable bonds is 6. The van der Waals surface area contributed by atoms with Crippen LogP contribution in [0.15, 0.2) is 29.4 Å². The first kappa shape index (κ1) is 18.2. The summed E-state index contributed by atoms with van der Waals surface area (Å²) < 4.78 is 0. The van der Waals surface area contributed by atoms with Crippen LogP contribution in [0.3, 0.4) is 0 Å². The molecule has 1 aromatic rings. The third-order valence-corrected chi connectivity index (χ3v) is 4.04. The summed E-state index contributed by atoms with van der Waals surface area (Å²) in [5, 5.41) is 6.73. The zero-order valence-electron chi connectivity index (χ0n) is 15.0. The van der Waals surface area contributed by atoms with E-state index in [1.807, 2.05) is 36.9 Å². The number of pyridine rings is 1. The third kappa shape index (κ3) is 5.51. The summed E-state index contributed by atoms with van der Waals surface area (Å²) in [5.74, 6) is 1.11. The summed E-state index contributed by atoms with van der Waals surface area (Å²) in [6.07, 6.45) is 3.59. The molecule has 1 unspecified atom stereocenters. The fraction of sp³-hybridized carbons (Fsp3) is 0.611. The van der Waals surface area contributed by atoms with E-state index >= 15 is 0 Å². The monoisotopic (exact) mass is 331 g/mol. The molecule has 6 heteroatoms. The Balaban J connectivity index is 1.84. The summed E-state index contributed by atoms with van der Waals surface area (Å²) in [6.45, 7) is 9.03. The molecule has 1 aromatic heterocycles. The van der Waals surface area contributed by atoms with Crippen molar-refractivity contribution in [2.24, 2.45) is 10.9 Å². The van der Waals surface area contributed by atoms with Gasteiger partial charge in [-0.05, 0) is 25.5 Å². The topological polar surface area (TPSA) is 69.6 Å². The van der Waals surface area contributed by atoms with Gasteiger partial charge in [-0.25, -0.2) is 0 Å². The third-order valence-electron chi connectivity index (χ3n) is 4.04. The van der Waals surface area contributed by atoms with Crippen molar-refractivity contribution in [1.29, 1.82) is 0 Å². The molecule has 2 heterocycles. The van der Waals surface area contributed by atoms with Crippen molar-refractivity contribution in [3.63, 3.8) is 0 Å². The van der Waals surface area contributed by atoms with E-state index in [0.29, 0.717) is 6.54 Å². The molecule has 1 amide bonds. The average Bonchev–Trinajstić information content (AvgIpc) is 3.03. The van der Waals surface area contributed by atoms with E-state index < -0.39 is 0 Å². The summed E-state index contributed by atoms with van der Waals surface area (Å²) in [4.78, 5) is 23.0. The number of guanidine groups is 1. The van der Waals surface area contributed by atoms with E-state index in [9.17, 15) is 4.79 Å². The van der Waals surface area contributed by atoms with Gasteiger partial charge in [0.15, 0.2) is 5.96 Å². The van der Waals surface area contributed by atoms with Crippen LogP contribution in [0.25, 0.3) is 0 Å². The van der Waals surface area contributed by atoms with Crippen LogP contribution >= 0.6 is 0 Å². The first-order valence-electron chi connectivity index (χ1n) is 8.83. The number of nitrogens with zero attached hydrogens (tertiary/aromatic N) is 3. The number of aliphatic imine (C=N–C) groups is 1. The maximum absolute atomic E-state index is 12.1. The van der Waals surface area contributed by atoms with E-state index in [0.717, 1.165) is 44.1 Å². The fourth-order valence-electron chi connectivity index (χ4n) is 2.79. The largest absolute Gasteiger partial charge is 0.357 e. The predicted molar refractivity (Wildman–Crippen MR) is 96.9 cm³/mol. The van der Waals surface area contributed by atoms with Crippen LogP contribution in [0.4, 0.5) is 0 Å². The smallest absolute Gasteiger partial charge is 0.225 e. The molecule has 1 aliphatic rings. The highest BCUT2D eigenvalue weighted by molar-refractivity contribution is 5.81. The Labute approximate surface area is 144 Å². The Morgan fingerprint density at radius 1 is 1.46 bits per heavy atom. The Kier molecular flexibility index (Phi) is 7.03. The quantitative estimate of drug-likeness (QED) is 0.611. The fourth-order valence-corrected chi connectivity index (χ4v) is 2.79. The predicted octanol–water partition coefficient (Wildman–Crippen LogP) is 1.44. The Morgan fingerprint density at radius 3 is 2.96 bits per heavy atom. The Hall–Kier alpha value is -2.11. The van der Waals surface area contributed by atoms with Crippen LogP contribution in [0.5, 0.6) is 0 Å². The van der Waals surface area contributed by atoms with Gasteiger partial charge in [0, 0.05) is 56.5 Å². The van der Waals surface area contributed by atoms with Crippen molar-refractivity contribution in [2.75, 3.05) is 26.2 Å². The molecule has 2 N–H and O–H groups in total. The number of hydrogen-bond donors (Lipinski definition) is 2. The highest BCUT2D eigenvalue weighted by atomic mass is 16.2. The highest BCUT2D eigenvalue weighted by Gasteiger charge is 2.27. The lowest BCUT2D eigenvalue weighted by atomic mass is 10.2. The van der Waals surface area contributed by atoms with Crippen LogP contribution in [-0.2, 0) is 11.2 Å². The van der Waals surface area contributed by atoms with Crippen molar-refractivity contribution in [3.8, 4) is 0 Å². The molecule has 2 rings (SSSR count). The Bertz CT molecular complexity index is 544. The number of carbonyl (C=O) groups is 1. The lowest BCUT2D eigenvalue weighted by molar-refractivity contribution is -0.133. The molecule has 1 atom stereocenters. The molecule has 0 radical (unpaired) electrons. The van der Waals surface area contributed by atoms with Crippen LogP contribution in [-0.4, -0.2) is 54.0 Å². The number of hydrogen-bond acceptors (Lipinski definition) is 3. The van der Waals surface area contributed by atoms with Gasteiger partial charge in [0.25, 0.3) is 0 Å². The summed E-state index contributed by atoms with van der Waals surface area (Å²) in [7, 11) is 0. The zero-order chi connectivity index (χ0) is 17.4. The molecule has 1 fully saturated rings. The van der Waals surface area contributed by atoms with Gasteiger partial charge in [-0.15, -0.1) is 0 Å². The highest BCUT2D eigenvalue weighted by Crippen LogP contribution is 2.12. The van der Waals surface area contributed by atoms with Gasteiger partial charge in [0.05, 0.1) is 0 Å². The van der Waals surface area contributed by atoms with Crippen LogP contribution in [0, 0.1) is 5.92 Å². The van der Waals surface area contributed by atoms with Crippen LogP contribution < -0.4 is 10.6 Å². The minimum atomic E-state index is 0.0593. The summed E-state index contributed by atoms with van der Waals surface area (Å²) >= 11 is 0. The van der Waals surface area contributed by atoms with Gasteiger partial charge in [-0.2, -0.15) is 0 Å². The number of aromatic nitrogens is 1. The molecular weight excluding hydrogens is 302 g/mol.